The maximum Gasteiger partial charge on any atom is 0.253 e. The summed E-state index contributed by atoms with van der Waals surface area (Å²) in [6, 6.07) is 5.91. The lowest BCUT2D eigenvalue weighted by molar-refractivity contribution is -0.132. The molecular formula is C18H24N4O4. The van der Waals surface area contributed by atoms with E-state index in [1.807, 2.05) is 0 Å². The third-order valence-electron chi connectivity index (χ3n) is 4.63. The quantitative estimate of drug-likeness (QED) is 0.675. The molecule has 140 valence electrons. The first-order valence-electron chi connectivity index (χ1n) is 8.74. The topological polar surface area (TPSA) is 105 Å². The number of amides is 3. The second-order valence-electron chi connectivity index (χ2n) is 6.82. The molecule has 0 aromatic heterocycles. The molecule has 2 aliphatic rings. The maximum absolute atomic E-state index is 12.5. The smallest absolute Gasteiger partial charge is 0.253 e. The van der Waals surface area contributed by atoms with Crippen LogP contribution in [0.25, 0.3) is 0 Å². The predicted octanol–water partition coefficient (Wildman–Crippen LogP) is 0.184. The number of nitrogens with zero attached hydrogens (tertiary/aromatic N) is 2. The molecule has 1 heterocycles. The Balaban J connectivity index is 1.64. The van der Waals surface area contributed by atoms with E-state index in [1.165, 1.54) is 0 Å². The highest BCUT2D eigenvalue weighted by Crippen LogP contribution is 2.30. The highest BCUT2D eigenvalue weighted by Gasteiger charge is 2.33. The van der Waals surface area contributed by atoms with Crippen molar-refractivity contribution in [2.45, 2.75) is 18.9 Å². The van der Waals surface area contributed by atoms with Crippen LogP contribution in [0.2, 0.25) is 0 Å². The van der Waals surface area contributed by atoms with Crippen LogP contribution in [0.1, 0.15) is 12.8 Å². The predicted molar refractivity (Wildman–Crippen MR) is 96.6 cm³/mol. The third kappa shape index (κ3) is 4.39. The number of primary amides is 1. The monoisotopic (exact) mass is 360 g/mol. The minimum atomic E-state index is -1.00. The lowest BCUT2D eigenvalue weighted by Crippen LogP contribution is -2.51. The van der Waals surface area contributed by atoms with Gasteiger partial charge in [-0.2, -0.15) is 0 Å². The number of benzene rings is 1. The molecule has 1 aromatic carbocycles. The minimum absolute atomic E-state index is 0.0755. The van der Waals surface area contributed by atoms with Crippen LogP contribution in [-0.4, -0.2) is 62.0 Å². The summed E-state index contributed by atoms with van der Waals surface area (Å²) in [5.74, 6) is -0.666. The molecule has 8 nitrogen and oxygen atoms in total. The van der Waals surface area contributed by atoms with Gasteiger partial charge in [-0.25, -0.2) is 0 Å². The summed E-state index contributed by atoms with van der Waals surface area (Å²) in [7, 11) is 1.74. The van der Waals surface area contributed by atoms with Gasteiger partial charge >= 0.3 is 0 Å². The van der Waals surface area contributed by atoms with Crippen LogP contribution >= 0.6 is 0 Å². The SMILES string of the molecule is CN(CC1CC1)[C@H](C(N)=O)C(=O)Nc1ccc(N2CCOCC2=O)cc1. The number of hydrogen-bond acceptors (Lipinski definition) is 5. The first-order chi connectivity index (χ1) is 12.5. The van der Waals surface area contributed by atoms with Gasteiger partial charge in [-0.3, -0.25) is 19.3 Å². The van der Waals surface area contributed by atoms with E-state index in [1.54, 1.807) is 41.1 Å². The van der Waals surface area contributed by atoms with Gasteiger partial charge < -0.3 is 20.7 Å². The number of nitrogens with two attached hydrogens (primary N) is 1. The number of ether oxygens (including phenoxy) is 1. The Bertz CT molecular complexity index is 687. The Morgan fingerprint density at radius 3 is 2.62 bits per heavy atom. The second kappa shape index (κ2) is 7.84. The zero-order valence-electron chi connectivity index (χ0n) is 14.8. The Morgan fingerprint density at radius 1 is 1.35 bits per heavy atom. The normalized spacial score (nSPS) is 18.7. The molecule has 3 N–H and O–H groups in total. The van der Waals surface area contributed by atoms with E-state index in [0.29, 0.717) is 31.3 Å². The van der Waals surface area contributed by atoms with Crippen LogP contribution in [0.15, 0.2) is 24.3 Å². The second-order valence-corrected chi connectivity index (χ2v) is 6.82. The van der Waals surface area contributed by atoms with Gasteiger partial charge in [-0.05, 0) is 50.1 Å². The average molecular weight is 360 g/mol. The van der Waals surface area contributed by atoms with Gasteiger partial charge in [0.15, 0.2) is 6.04 Å². The van der Waals surface area contributed by atoms with Crippen molar-refractivity contribution in [1.29, 1.82) is 0 Å². The molecule has 26 heavy (non-hydrogen) atoms. The first kappa shape index (κ1) is 18.3. The molecule has 0 spiro atoms. The molecule has 0 unspecified atom stereocenters. The number of carbonyl (C=O) groups is 3. The molecule has 0 radical (unpaired) electrons. The summed E-state index contributed by atoms with van der Waals surface area (Å²) in [5.41, 5.74) is 6.72. The average Bonchev–Trinajstić information content (AvgIpc) is 3.40. The van der Waals surface area contributed by atoms with Crippen molar-refractivity contribution >= 4 is 29.1 Å². The van der Waals surface area contributed by atoms with Crippen LogP contribution in [-0.2, 0) is 19.1 Å². The fraction of sp³-hybridized carbons (Fsp3) is 0.500. The van der Waals surface area contributed by atoms with Crippen molar-refractivity contribution in [3.63, 3.8) is 0 Å². The van der Waals surface area contributed by atoms with Crippen LogP contribution in [0, 0.1) is 5.92 Å². The standard InChI is InChI=1S/C18H24N4O4/c1-21(10-12-2-3-12)16(17(19)24)18(25)20-13-4-6-14(7-5-13)22-8-9-26-11-15(22)23/h4-7,12,16H,2-3,8-11H2,1H3,(H2,19,24)(H,20,25)/t16-/m1/s1. The lowest BCUT2D eigenvalue weighted by atomic mass is 10.2. The number of morpholine rings is 1. The van der Waals surface area contributed by atoms with Crippen molar-refractivity contribution in [1.82, 2.24) is 4.90 Å². The molecule has 8 heteroatoms. The number of carbonyl (C=O) groups excluding carboxylic acids is 3. The van der Waals surface area contributed by atoms with E-state index < -0.39 is 17.9 Å². The van der Waals surface area contributed by atoms with E-state index in [0.717, 1.165) is 18.5 Å². The van der Waals surface area contributed by atoms with Gasteiger partial charge in [0.2, 0.25) is 5.91 Å². The van der Waals surface area contributed by atoms with E-state index in [2.05, 4.69) is 5.32 Å². The highest BCUT2D eigenvalue weighted by molar-refractivity contribution is 6.09. The number of nitrogens with one attached hydrogen (secondary N) is 1. The van der Waals surface area contributed by atoms with E-state index in [4.69, 9.17) is 10.5 Å². The zero-order chi connectivity index (χ0) is 18.7. The molecule has 1 atom stereocenters. The number of rotatable bonds is 7. The van der Waals surface area contributed by atoms with Crippen molar-refractivity contribution in [3.8, 4) is 0 Å². The molecule has 2 fully saturated rings. The van der Waals surface area contributed by atoms with Crippen LogP contribution < -0.4 is 16.0 Å². The Kier molecular flexibility index (Phi) is 5.53. The van der Waals surface area contributed by atoms with Gasteiger partial charge in [0.25, 0.3) is 11.8 Å². The van der Waals surface area contributed by atoms with Crippen molar-refractivity contribution < 1.29 is 19.1 Å². The molecule has 1 aliphatic carbocycles. The molecule has 1 aromatic rings. The van der Waals surface area contributed by atoms with Gasteiger partial charge in [-0.1, -0.05) is 0 Å². The van der Waals surface area contributed by atoms with Gasteiger partial charge in [0.1, 0.15) is 6.61 Å². The summed E-state index contributed by atoms with van der Waals surface area (Å²) < 4.78 is 5.12. The van der Waals surface area contributed by atoms with Crippen molar-refractivity contribution in [2.75, 3.05) is 43.6 Å². The van der Waals surface area contributed by atoms with Crippen LogP contribution in [0.4, 0.5) is 11.4 Å². The summed E-state index contributed by atoms with van der Waals surface area (Å²) in [6.45, 7) is 1.75. The number of hydrogen-bond donors (Lipinski definition) is 2. The van der Waals surface area contributed by atoms with Crippen LogP contribution in [0.3, 0.4) is 0 Å². The molecule has 3 amide bonds. The lowest BCUT2D eigenvalue weighted by Gasteiger charge is -2.27. The van der Waals surface area contributed by atoms with Crippen molar-refractivity contribution in [3.05, 3.63) is 24.3 Å². The molecule has 0 bridgehead atoms. The summed E-state index contributed by atoms with van der Waals surface area (Å²) in [4.78, 5) is 39.4. The molecule has 3 rings (SSSR count). The molecule has 1 saturated carbocycles. The highest BCUT2D eigenvalue weighted by atomic mass is 16.5. The van der Waals surface area contributed by atoms with E-state index in [9.17, 15) is 14.4 Å². The first-order valence-corrected chi connectivity index (χ1v) is 8.74. The zero-order valence-corrected chi connectivity index (χ0v) is 14.8. The molecule has 1 aliphatic heterocycles. The fourth-order valence-corrected chi connectivity index (χ4v) is 3.09. The van der Waals surface area contributed by atoms with E-state index >= 15 is 0 Å². The Hall–Kier alpha value is -2.45. The summed E-state index contributed by atoms with van der Waals surface area (Å²) in [5, 5.41) is 2.73. The Morgan fingerprint density at radius 2 is 2.04 bits per heavy atom. The maximum atomic E-state index is 12.5. The van der Waals surface area contributed by atoms with E-state index in [-0.39, 0.29) is 12.5 Å². The molecular weight excluding hydrogens is 336 g/mol. The molecule has 1 saturated heterocycles. The number of anilines is 2. The van der Waals surface area contributed by atoms with Gasteiger partial charge in [0, 0.05) is 24.5 Å². The third-order valence-corrected chi connectivity index (χ3v) is 4.63. The van der Waals surface area contributed by atoms with Crippen LogP contribution in [0.5, 0.6) is 0 Å². The van der Waals surface area contributed by atoms with Gasteiger partial charge in [0.05, 0.1) is 6.61 Å². The fourth-order valence-electron chi connectivity index (χ4n) is 3.09. The van der Waals surface area contributed by atoms with Gasteiger partial charge in [-0.15, -0.1) is 0 Å². The van der Waals surface area contributed by atoms with Crippen molar-refractivity contribution in [2.24, 2.45) is 11.7 Å². The largest absolute Gasteiger partial charge is 0.370 e. The Labute approximate surface area is 152 Å². The summed E-state index contributed by atoms with van der Waals surface area (Å²) in [6.07, 6.45) is 2.25. The summed E-state index contributed by atoms with van der Waals surface area (Å²) >= 11 is 0. The number of likely N-dealkylation sites (N-methyl/N-ethyl adjacent to an activating group) is 1. The minimum Gasteiger partial charge on any atom is -0.370 e.